The number of hydrogen-bond acceptors (Lipinski definition) is 4. The van der Waals surface area contributed by atoms with Crippen molar-refractivity contribution >= 4 is 31.9 Å². The number of aryl methyl sites for hydroxylation is 2. The van der Waals surface area contributed by atoms with E-state index in [-0.39, 0.29) is 11.3 Å². The largest absolute Gasteiger partial charge is 0.465 e. The molecule has 5 nitrogen and oxygen atoms in total. The van der Waals surface area contributed by atoms with Crippen LogP contribution in [0.2, 0.25) is 0 Å². The van der Waals surface area contributed by atoms with Gasteiger partial charge in [-0.2, -0.15) is 5.10 Å². The number of primary amides is 1. The van der Waals surface area contributed by atoms with Gasteiger partial charge in [0, 0.05) is 18.1 Å². The molecule has 2 heterocycles. The molecule has 8 heteroatoms. The number of hydrazone groups is 1. The summed E-state index contributed by atoms with van der Waals surface area (Å²) in [7, 11) is 2.63. The first kappa shape index (κ1) is 22.2. The molecule has 0 fully saturated rings. The van der Waals surface area contributed by atoms with Crippen LogP contribution in [0.3, 0.4) is 0 Å². The Balaban J connectivity index is 1.99. The van der Waals surface area contributed by atoms with Crippen molar-refractivity contribution in [3.8, 4) is 0 Å². The second-order valence-corrected chi connectivity index (χ2v) is 8.71. The Labute approximate surface area is 187 Å². The second-order valence-electron chi connectivity index (χ2n) is 8.09. The first-order valence-corrected chi connectivity index (χ1v) is 10.8. The Morgan fingerprint density at radius 1 is 1.22 bits per heavy atom. The van der Waals surface area contributed by atoms with Gasteiger partial charge in [0.2, 0.25) is 5.91 Å². The number of carbonyl (C=O) groups excluding carboxylic acids is 1. The van der Waals surface area contributed by atoms with E-state index in [2.05, 4.69) is 9.24 Å². The minimum absolute atomic E-state index is 0.0817. The summed E-state index contributed by atoms with van der Waals surface area (Å²) in [5, 5.41) is 7.01. The van der Waals surface area contributed by atoms with Gasteiger partial charge >= 0.3 is 0 Å². The van der Waals surface area contributed by atoms with Gasteiger partial charge in [-0.25, -0.2) is 13.8 Å². The average molecular weight is 455 g/mol. The van der Waals surface area contributed by atoms with E-state index in [4.69, 9.17) is 15.3 Å². The Morgan fingerprint density at radius 2 is 1.97 bits per heavy atom. The number of hydrogen-bond donors (Lipinski definition) is 1. The molecule has 166 valence electrons. The molecule has 4 rings (SSSR count). The second kappa shape index (κ2) is 8.14. The number of nitrogens with zero attached hydrogens (tertiary/aromatic N) is 2. The fraction of sp³-hybridized carbons (Fsp3) is 0.250. The van der Waals surface area contributed by atoms with E-state index in [1.54, 1.807) is 13.0 Å². The van der Waals surface area contributed by atoms with Crippen LogP contribution in [0.4, 0.5) is 14.5 Å². The van der Waals surface area contributed by atoms with Gasteiger partial charge in [0.15, 0.2) is 5.54 Å². The lowest BCUT2D eigenvalue weighted by Crippen LogP contribution is -2.55. The number of benzene rings is 2. The molecule has 1 amide bonds. The molecule has 0 bridgehead atoms. The van der Waals surface area contributed by atoms with Crippen molar-refractivity contribution < 1.29 is 18.0 Å². The summed E-state index contributed by atoms with van der Waals surface area (Å²) in [6, 6.07) is 12.5. The molecule has 0 radical (unpaired) electrons. The van der Waals surface area contributed by atoms with E-state index in [0.29, 0.717) is 23.6 Å². The zero-order chi connectivity index (χ0) is 23.2. The van der Waals surface area contributed by atoms with Crippen LogP contribution in [0.25, 0.3) is 0 Å². The fourth-order valence-corrected chi connectivity index (χ4v) is 4.61. The first-order chi connectivity index (χ1) is 15.2. The Kier molecular flexibility index (Phi) is 5.63. The van der Waals surface area contributed by atoms with Crippen molar-refractivity contribution in [1.82, 2.24) is 0 Å². The predicted octanol–water partition coefficient (Wildman–Crippen LogP) is 4.18. The third kappa shape index (κ3) is 3.51. The normalized spacial score (nSPS) is 20.5. The number of anilines is 1. The maximum atomic E-state index is 14.9. The molecule has 1 aliphatic rings. The molecule has 2 N–H and O–H groups in total. The molecular formula is C24H24F2N3O2P. The lowest BCUT2D eigenvalue weighted by atomic mass is 9.78. The van der Waals surface area contributed by atoms with Crippen molar-refractivity contribution in [3.05, 3.63) is 82.8 Å². The standard InChI is InChI=1S/C24H24F2N3O2P/c1-4-15-7-10-19(31-15)21-22(16-8-6-14(25)12-17(16)26)28-29(24(21,3)23(27)30)18-9-5-13(2)11-20(18)32/h5-12,21H,4,32H2,1-3H3,(H2,27,30). The Morgan fingerprint density at radius 3 is 2.56 bits per heavy atom. The number of amides is 1. The van der Waals surface area contributed by atoms with Crippen LogP contribution in [0.1, 0.15) is 42.4 Å². The molecule has 0 aliphatic carbocycles. The quantitative estimate of drug-likeness (QED) is 0.587. The topological polar surface area (TPSA) is 71.8 Å². The molecule has 0 spiro atoms. The van der Waals surface area contributed by atoms with E-state index in [1.807, 2.05) is 38.1 Å². The highest BCUT2D eigenvalue weighted by atomic mass is 31.0. The van der Waals surface area contributed by atoms with Crippen LogP contribution in [0.5, 0.6) is 0 Å². The van der Waals surface area contributed by atoms with Gasteiger partial charge in [0.1, 0.15) is 23.2 Å². The summed E-state index contributed by atoms with van der Waals surface area (Å²) >= 11 is 0. The summed E-state index contributed by atoms with van der Waals surface area (Å²) in [6.07, 6.45) is 0.648. The van der Waals surface area contributed by atoms with E-state index in [0.717, 1.165) is 23.0 Å². The summed E-state index contributed by atoms with van der Waals surface area (Å²) < 4.78 is 34.5. The predicted molar refractivity (Wildman–Crippen MR) is 124 cm³/mol. The lowest BCUT2D eigenvalue weighted by Gasteiger charge is -2.36. The maximum absolute atomic E-state index is 14.9. The van der Waals surface area contributed by atoms with E-state index in [1.165, 1.54) is 11.1 Å². The molecule has 2 aromatic carbocycles. The molecule has 1 aromatic heterocycles. The van der Waals surface area contributed by atoms with Crippen molar-refractivity contribution in [3.63, 3.8) is 0 Å². The van der Waals surface area contributed by atoms with Crippen molar-refractivity contribution in [2.24, 2.45) is 10.8 Å². The zero-order valence-electron chi connectivity index (χ0n) is 18.0. The minimum Gasteiger partial charge on any atom is -0.465 e. The van der Waals surface area contributed by atoms with Gasteiger partial charge in [-0.1, -0.05) is 18.6 Å². The van der Waals surface area contributed by atoms with Gasteiger partial charge in [0.25, 0.3) is 0 Å². The minimum atomic E-state index is -1.40. The van der Waals surface area contributed by atoms with Crippen LogP contribution >= 0.6 is 9.24 Å². The smallest absolute Gasteiger partial charge is 0.246 e. The number of furan rings is 1. The number of nitrogens with two attached hydrogens (primary N) is 1. The van der Waals surface area contributed by atoms with Gasteiger partial charge in [-0.3, -0.25) is 4.79 Å². The van der Waals surface area contributed by atoms with E-state index in [9.17, 15) is 13.6 Å². The average Bonchev–Trinajstić information content (AvgIpc) is 3.31. The van der Waals surface area contributed by atoms with Gasteiger partial charge in [0.05, 0.1) is 17.3 Å². The summed E-state index contributed by atoms with van der Waals surface area (Å²) in [5.74, 6) is -1.79. The summed E-state index contributed by atoms with van der Waals surface area (Å²) in [5.41, 5.74) is 6.53. The SMILES string of the molecule is CCc1ccc(C2C(c3ccc(F)cc3F)=NN(c3ccc(C)cc3P)C2(C)C(N)=O)o1. The van der Waals surface area contributed by atoms with Crippen molar-refractivity contribution in [1.29, 1.82) is 0 Å². The Hall–Kier alpha value is -3.05. The number of halogens is 2. The molecule has 0 saturated carbocycles. The van der Waals surface area contributed by atoms with Crippen LogP contribution in [0.15, 0.2) is 58.0 Å². The van der Waals surface area contributed by atoms with E-state index < -0.39 is 29.0 Å². The van der Waals surface area contributed by atoms with Gasteiger partial charge in [-0.05, 0) is 55.6 Å². The molecular weight excluding hydrogens is 431 g/mol. The van der Waals surface area contributed by atoms with Gasteiger partial charge in [-0.15, -0.1) is 9.24 Å². The third-order valence-electron chi connectivity index (χ3n) is 5.92. The maximum Gasteiger partial charge on any atom is 0.246 e. The van der Waals surface area contributed by atoms with Crippen LogP contribution in [-0.4, -0.2) is 17.2 Å². The highest BCUT2D eigenvalue weighted by molar-refractivity contribution is 7.28. The van der Waals surface area contributed by atoms with Gasteiger partial charge < -0.3 is 10.2 Å². The highest BCUT2D eigenvalue weighted by Gasteiger charge is 2.55. The third-order valence-corrected chi connectivity index (χ3v) is 6.38. The highest BCUT2D eigenvalue weighted by Crippen LogP contribution is 2.45. The van der Waals surface area contributed by atoms with E-state index >= 15 is 0 Å². The van der Waals surface area contributed by atoms with Crippen molar-refractivity contribution in [2.75, 3.05) is 5.01 Å². The molecule has 1 aliphatic heterocycles. The van der Waals surface area contributed by atoms with Crippen LogP contribution in [0, 0.1) is 18.6 Å². The fourth-order valence-electron chi connectivity index (χ4n) is 4.13. The Bertz CT molecular complexity index is 1240. The molecule has 0 saturated heterocycles. The monoisotopic (exact) mass is 455 g/mol. The molecule has 3 unspecified atom stereocenters. The zero-order valence-corrected chi connectivity index (χ0v) is 19.2. The molecule has 3 aromatic rings. The lowest BCUT2D eigenvalue weighted by molar-refractivity contribution is -0.122. The summed E-state index contributed by atoms with van der Waals surface area (Å²) in [4.78, 5) is 13.0. The first-order valence-electron chi connectivity index (χ1n) is 10.3. The van der Waals surface area contributed by atoms with Crippen LogP contribution < -0.4 is 16.0 Å². The molecule has 3 atom stereocenters. The number of rotatable bonds is 5. The van der Waals surface area contributed by atoms with Crippen LogP contribution in [-0.2, 0) is 11.2 Å². The molecule has 32 heavy (non-hydrogen) atoms. The number of carbonyl (C=O) groups is 1. The summed E-state index contributed by atoms with van der Waals surface area (Å²) in [6.45, 7) is 5.56. The van der Waals surface area contributed by atoms with Crippen molar-refractivity contribution in [2.45, 2.75) is 38.6 Å².